The molecule has 1 aromatic carbocycles. The molecule has 0 spiro atoms. The quantitative estimate of drug-likeness (QED) is 0.837. The van der Waals surface area contributed by atoms with Crippen LogP contribution in [0.1, 0.15) is 48.5 Å². The molecule has 0 aromatic heterocycles. The first kappa shape index (κ1) is 12.8. The number of rotatable bonds is 3. The van der Waals surface area contributed by atoms with Gasteiger partial charge in [-0.2, -0.15) is 0 Å². The zero-order valence-electron chi connectivity index (χ0n) is 10.7. The summed E-state index contributed by atoms with van der Waals surface area (Å²) in [6.07, 6.45) is 5.04. The Balaban J connectivity index is 1.82. The molecule has 2 aliphatic rings. The Kier molecular flexibility index (Phi) is 3.40. The molecule has 1 fully saturated rings. The highest BCUT2D eigenvalue weighted by molar-refractivity contribution is 6.31. The molecular weight excluding hydrogens is 264 g/mol. The summed E-state index contributed by atoms with van der Waals surface area (Å²) in [5.74, 6) is 0.781. The van der Waals surface area contributed by atoms with Crippen LogP contribution in [-0.4, -0.2) is 11.3 Å². The maximum absolute atomic E-state index is 10.7. The Morgan fingerprint density at radius 3 is 2.79 bits per heavy atom. The summed E-state index contributed by atoms with van der Waals surface area (Å²) >= 11 is 6.33. The second kappa shape index (κ2) is 5.04. The number of fused-ring (bicyclic) bond motifs is 1. The van der Waals surface area contributed by atoms with E-state index >= 15 is 0 Å². The molecule has 0 bridgehead atoms. The maximum atomic E-state index is 10.7. The summed E-state index contributed by atoms with van der Waals surface area (Å²) < 4.78 is 4.90. The van der Waals surface area contributed by atoms with Gasteiger partial charge in [0.15, 0.2) is 0 Å². The van der Waals surface area contributed by atoms with Crippen molar-refractivity contribution < 1.29 is 14.6 Å². The molecule has 19 heavy (non-hydrogen) atoms. The molecule has 0 radical (unpaired) electrons. The average molecular weight is 281 g/mol. The van der Waals surface area contributed by atoms with Crippen molar-refractivity contribution in [3.05, 3.63) is 33.8 Å². The molecule has 4 heteroatoms. The van der Waals surface area contributed by atoms with E-state index in [9.17, 15) is 4.79 Å². The lowest BCUT2D eigenvalue weighted by atomic mass is 9.80. The van der Waals surface area contributed by atoms with Gasteiger partial charge in [0.1, 0.15) is 6.10 Å². The third-order valence-electron chi connectivity index (χ3n) is 4.31. The second-order valence-electron chi connectivity index (χ2n) is 5.55. The zero-order valence-corrected chi connectivity index (χ0v) is 11.4. The minimum Gasteiger partial charge on any atom is -0.450 e. The van der Waals surface area contributed by atoms with Gasteiger partial charge in [-0.25, -0.2) is 4.79 Å². The number of carbonyl (C=O) groups is 1. The number of ether oxygens (including phenoxy) is 1. The van der Waals surface area contributed by atoms with Crippen LogP contribution < -0.4 is 0 Å². The SMILES string of the molecule is O=C(O)OC1CCc2cc(CC3CCC3)c(Cl)cc21. The molecular formula is C15H17ClO3. The van der Waals surface area contributed by atoms with Gasteiger partial charge in [-0.05, 0) is 47.9 Å². The lowest BCUT2D eigenvalue weighted by Crippen LogP contribution is -2.14. The predicted molar refractivity (Wildman–Crippen MR) is 72.7 cm³/mol. The van der Waals surface area contributed by atoms with E-state index in [1.807, 2.05) is 6.07 Å². The third-order valence-corrected chi connectivity index (χ3v) is 4.66. The van der Waals surface area contributed by atoms with Crippen LogP contribution in [0.25, 0.3) is 0 Å². The summed E-state index contributed by atoms with van der Waals surface area (Å²) in [4.78, 5) is 10.7. The first-order valence-electron chi connectivity index (χ1n) is 6.84. The van der Waals surface area contributed by atoms with E-state index in [4.69, 9.17) is 21.4 Å². The van der Waals surface area contributed by atoms with Crippen LogP contribution in [0.4, 0.5) is 4.79 Å². The molecule has 0 heterocycles. The number of aryl methyl sites for hydroxylation is 1. The molecule has 0 amide bonds. The average Bonchev–Trinajstić information content (AvgIpc) is 2.65. The van der Waals surface area contributed by atoms with E-state index in [1.165, 1.54) is 30.4 Å². The minimum atomic E-state index is -1.22. The van der Waals surface area contributed by atoms with Crippen molar-refractivity contribution in [1.82, 2.24) is 0 Å². The van der Waals surface area contributed by atoms with Crippen molar-refractivity contribution in [2.24, 2.45) is 5.92 Å². The Labute approximate surface area is 117 Å². The first-order chi connectivity index (χ1) is 9.13. The van der Waals surface area contributed by atoms with E-state index < -0.39 is 6.16 Å². The van der Waals surface area contributed by atoms with Crippen LogP contribution in [0.15, 0.2) is 12.1 Å². The smallest absolute Gasteiger partial charge is 0.450 e. The van der Waals surface area contributed by atoms with E-state index in [-0.39, 0.29) is 6.10 Å². The van der Waals surface area contributed by atoms with E-state index in [0.717, 1.165) is 35.8 Å². The van der Waals surface area contributed by atoms with Gasteiger partial charge in [-0.3, -0.25) is 0 Å². The van der Waals surface area contributed by atoms with Gasteiger partial charge < -0.3 is 9.84 Å². The highest BCUT2D eigenvalue weighted by Gasteiger charge is 2.28. The van der Waals surface area contributed by atoms with Crippen molar-refractivity contribution >= 4 is 17.8 Å². The molecule has 3 rings (SSSR count). The topological polar surface area (TPSA) is 46.5 Å². The lowest BCUT2D eigenvalue weighted by Gasteiger charge is -2.26. The summed E-state index contributed by atoms with van der Waals surface area (Å²) in [6, 6.07) is 4.06. The summed E-state index contributed by atoms with van der Waals surface area (Å²) in [7, 11) is 0. The Hall–Kier alpha value is -1.22. The molecule has 1 aromatic rings. The third kappa shape index (κ3) is 2.57. The second-order valence-corrected chi connectivity index (χ2v) is 5.96. The van der Waals surface area contributed by atoms with Gasteiger partial charge in [0.05, 0.1) is 0 Å². The largest absolute Gasteiger partial charge is 0.506 e. The first-order valence-corrected chi connectivity index (χ1v) is 7.22. The summed E-state index contributed by atoms with van der Waals surface area (Å²) in [5, 5.41) is 9.48. The van der Waals surface area contributed by atoms with Crippen LogP contribution in [0, 0.1) is 5.92 Å². The van der Waals surface area contributed by atoms with Crippen LogP contribution in [0.5, 0.6) is 0 Å². The molecule has 0 saturated heterocycles. The van der Waals surface area contributed by atoms with Crippen molar-refractivity contribution in [1.29, 1.82) is 0 Å². The van der Waals surface area contributed by atoms with Gasteiger partial charge >= 0.3 is 6.16 Å². The number of hydrogen-bond acceptors (Lipinski definition) is 2. The van der Waals surface area contributed by atoms with Gasteiger partial charge in [0.25, 0.3) is 0 Å². The van der Waals surface area contributed by atoms with Crippen LogP contribution in [0.2, 0.25) is 5.02 Å². The zero-order chi connectivity index (χ0) is 13.4. The fourth-order valence-corrected chi connectivity index (χ4v) is 3.30. The maximum Gasteiger partial charge on any atom is 0.506 e. The van der Waals surface area contributed by atoms with Crippen LogP contribution in [-0.2, 0) is 17.6 Å². The fourth-order valence-electron chi connectivity index (χ4n) is 3.05. The summed E-state index contributed by atoms with van der Waals surface area (Å²) in [6.45, 7) is 0. The number of benzene rings is 1. The number of carboxylic acid groups (broad SMARTS) is 1. The Morgan fingerprint density at radius 1 is 1.37 bits per heavy atom. The standard InChI is InChI=1S/C15H17ClO3/c16-13-8-12-10(4-5-14(12)19-15(17)18)7-11(13)6-9-2-1-3-9/h7-9,14H,1-6H2,(H,17,18). The van der Waals surface area contributed by atoms with E-state index in [2.05, 4.69) is 6.07 Å². The highest BCUT2D eigenvalue weighted by Crippen LogP contribution is 2.39. The van der Waals surface area contributed by atoms with Gasteiger partial charge in [0.2, 0.25) is 0 Å². The normalized spacial score (nSPS) is 21.8. The predicted octanol–water partition coefficient (Wildman–Crippen LogP) is 4.36. The molecule has 3 nitrogen and oxygen atoms in total. The molecule has 102 valence electrons. The minimum absolute atomic E-state index is 0.345. The molecule has 1 saturated carbocycles. The lowest BCUT2D eigenvalue weighted by molar-refractivity contribution is 0.0520. The Morgan fingerprint density at radius 2 is 2.16 bits per heavy atom. The van der Waals surface area contributed by atoms with E-state index in [1.54, 1.807) is 0 Å². The monoisotopic (exact) mass is 280 g/mol. The van der Waals surface area contributed by atoms with Gasteiger partial charge in [-0.1, -0.05) is 36.9 Å². The molecule has 2 aliphatic carbocycles. The van der Waals surface area contributed by atoms with Crippen molar-refractivity contribution in [2.75, 3.05) is 0 Å². The van der Waals surface area contributed by atoms with Crippen molar-refractivity contribution in [3.8, 4) is 0 Å². The molecule has 1 atom stereocenters. The van der Waals surface area contributed by atoms with Gasteiger partial charge in [0, 0.05) is 5.02 Å². The van der Waals surface area contributed by atoms with Gasteiger partial charge in [-0.15, -0.1) is 0 Å². The molecule has 1 N–H and O–H groups in total. The highest BCUT2D eigenvalue weighted by atomic mass is 35.5. The molecule has 1 unspecified atom stereocenters. The van der Waals surface area contributed by atoms with Crippen LogP contribution in [0.3, 0.4) is 0 Å². The Bertz CT molecular complexity index is 508. The number of halogens is 1. The fraction of sp³-hybridized carbons (Fsp3) is 0.533. The van der Waals surface area contributed by atoms with Crippen molar-refractivity contribution in [2.45, 2.75) is 44.6 Å². The molecule has 0 aliphatic heterocycles. The van der Waals surface area contributed by atoms with Crippen LogP contribution >= 0.6 is 11.6 Å². The summed E-state index contributed by atoms with van der Waals surface area (Å²) in [5.41, 5.74) is 3.36. The number of hydrogen-bond donors (Lipinski definition) is 1. The van der Waals surface area contributed by atoms with E-state index in [0.29, 0.717) is 0 Å². The van der Waals surface area contributed by atoms with Crippen molar-refractivity contribution in [3.63, 3.8) is 0 Å².